The summed E-state index contributed by atoms with van der Waals surface area (Å²) in [7, 11) is 0. The van der Waals surface area contributed by atoms with Gasteiger partial charge in [0.05, 0.1) is 12.2 Å². The van der Waals surface area contributed by atoms with Gasteiger partial charge in [-0.3, -0.25) is 4.79 Å². The van der Waals surface area contributed by atoms with E-state index in [1.165, 1.54) is 12.1 Å². The average Bonchev–Trinajstić information content (AvgIpc) is 2.51. The van der Waals surface area contributed by atoms with Gasteiger partial charge in [0, 0.05) is 19.6 Å². The van der Waals surface area contributed by atoms with E-state index in [1.54, 1.807) is 20.8 Å². The van der Waals surface area contributed by atoms with Gasteiger partial charge in [0.25, 0.3) is 5.91 Å². The topological polar surface area (TPSA) is 59.6 Å². The molecule has 1 amide bonds. The Hall–Kier alpha value is -1.51. The molecule has 0 aliphatic carbocycles. The van der Waals surface area contributed by atoms with Crippen molar-refractivity contribution in [1.29, 1.82) is 0 Å². The summed E-state index contributed by atoms with van der Waals surface area (Å²) < 4.78 is 50.8. The van der Waals surface area contributed by atoms with Gasteiger partial charge in [-0.2, -0.15) is 13.2 Å². The van der Waals surface area contributed by atoms with Gasteiger partial charge in [-0.1, -0.05) is 6.07 Å². The van der Waals surface area contributed by atoms with E-state index < -0.39 is 29.4 Å². The fourth-order valence-electron chi connectivity index (χ4n) is 2.42. The molecule has 1 aromatic rings. The molecule has 0 bridgehead atoms. The van der Waals surface area contributed by atoms with Crippen LogP contribution in [0.4, 0.5) is 13.2 Å². The standard InChI is InChI=1S/C17H23F3N2O3.ClH/c1-16(2,3)25-12-5-4-11(13(8-12)17(18,19)20)9-22-15(23)14-10-21-6-7-24-14;/h4-5,8,14,21H,6-7,9-10H2,1-3H3,(H,22,23);1H. The van der Waals surface area contributed by atoms with Crippen molar-refractivity contribution in [2.45, 2.75) is 45.2 Å². The van der Waals surface area contributed by atoms with Crippen molar-refractivity contribution < 1.29 is 27.4 Å². The zero-order valence-corrected chi connectivity index (χ0v) is 15.7. The minimum atomic E-state index is -4.54. The summed E-state index contributed by atoms with van der Waals surface area (Å²) in [6.45, 7) is 6.42. The van der Waals surface area contributed by atoms with Crippen molar-refractivity contribution in [2.24, 2.45) is 0 Å². The third kappa shape index (κ3) is 6.66. The molecule has 148 valence electrons. The highest BCUT2D eigenvalue weighted by molar-refractivity contribution is 5.85. The van der Waals surface area contributed by atoms with E-state index in [4.69, 9.17) is 9.47 Å². The number of hydrogen-bond donors (Lipinski definition) is 2. The van der Waals surface area contributed by atoms with Gasteiger partial charge in [-0.05, 0) is 38.5 Å². The molecule has 0 saturated carbocycles. The van der Waals surface area contributed by atoms with Crippen molar-refractivity contribution in [2.75, 3.05) is 19.7 Å². The van der Waals surface area contributed by atoms with Gasteiger partial charge >= 0.3 is 6.18 Å². The van der Waals surface area contributed by atoms with Crippen LogP contribution in [0.1, 0.15) is 31.9 Å². The molecular weight excluding hydrogens is 373 g/mol. The molecule has 0 aromatic heterocycles. The molecule has 0 radical (unpaired) electrons. The maximum Gasteiger partial charge on any atom is 0.416 e. The van der Waals surface area contributed by atoms with Crippen LogP contribution >= 0.6 is 12.4 Å². The van der Waals surface area contributed by atoms with Crippen LogP contribution < -0.4 is 15.4 Å². The van der Waals surface area contributed by atoms with Crippen LogP contribution in [-0.4, -0.2) is 37.3 Å². The highest BCUT2D eigenvalue weighted by Gasteiger charge is 2.34. The number of amides is 1. The predicted octanol–water partition coefficient (Wildman–Crippen LogP) is 2.91. The fraction of sp³-hybridized carbons (Fsp3) is 0.588. The molecule has 1 aliphatic heterocycles. The summed E-state index contributed by atoms with van der Waals surface area (Å²) in [5.41, 5.74) is -1.45. The minimum absolute atomic E-state index is 0. The Morgan fingerprint density at radius 3 is 2.58 bits per heavy atom. The quantitative estimate of drug-likeness (QED) is 0.821. The number of ether oxygens (including phenoxy) is 2. The van der Waals surface area contributed by atoms with Gasteiger partial charge in [0.1, 0.15) is 17.5 Å². The summed E-state index contributed by atoms with van der Waals surface area (Å²) in [4.78, 5) is 12.0. The number of halogens is 4. The monoisotopic (exact) mass is 396 g/mol. The molecule has 1 fully saturated rings. The maximum absolute atomic E-state index is 13.3. The van der Waals surface area contributed by atoms with Crippen LogP contribution in [0.5, 0.6) is 5.75 Å². The number of hydrogen-bond acceptors (Lipinski definition) is 4. The van der Waals surface area contributed by atoms with Crippen LogP contribution in [-0.2, 0) is 22.3 Å². The molecule has 9 heteroatoms. The molecule has 1 heterocycles. The normalized spacial score (nSPS) is 18.0. The number of morpholine rings is 1. The molecule has 0 spiro atoms. The number of carbonyl (C=O) groups excluding carboxylic acids is 1. The first-order valence-electron chi connectivity index (χ1n) is 8.05. The van der Waals surface area contributed by atoms with E-state index in [1.807, 2.05) is 0 Å². The Morgan fingerprint density at radius 1 is 1.35 bits per heavy atom. The Labute approximate surface area is 157 Å². The molecule has 1 saturated heterocycles. The number of carbonyl (C=O) groups is 1. The van der Waals surface area contributed by atoms with E-state index in [-0.39, 0.29) is 30.3 Å². The molecule has 2 N–H and O–H groups in total. The van der Waals surface area contributed by atoms with E-state index >= 15 is 0 Å². The van der Waals surface area contributed by atoms with Crippen molar-refractivity contribution >= 4 is 18.3 Å². The van der Waals surface area contributed by atoms with E-state index in [2.05, 4.69) is 10.6 Å². The van der Waals surface area contributed by atoms with E-state index in [0.29, 0.717) is 19.7 Å². The Morgan fingerprint density at radius 2 is 2.04 bits per heavy atom. The predicted molar refractivity (Wildman–Crippen MR) is 93.5 cm³/mol. The van der Waals surface area contributed by atoms with Crippen LogP contribution in [0.2, 0.25) is 0 Å². The fourth-order valence-corrected chi connectivity index (χ4v) is 2.42. The van der Waals surface area contributed by atoms with Crippen molar-refractivity contribution in [1.82, 2.24) is 10.6 Å². The number of alkyl halides is 3. The van der Waals surface area contributed by atoms with Crippen LogP contribution in [0.25, 0.3) is 0 Å². The molecule has 1 aliphatic rings. The van der Waals surface area contributed by atoms with E-state index in [9.17, 15) is 18.0 Å². The van der Waals surface area contributed by atoms with Gasteiger partial charge in [-0.25, -0.2) is 0 Å². The zero-order valence-electron chi connectivity index (χ0n) is 14.9. The van der Waals surface area contributed by atoms with E-state index in [0.717, 1.165) is 6.07 Å². The number of benzene rings is 1. The molecule has 5 nitrogen and oxygen atoms in total. The van der Waals surface area contributed by atoms with Gasteiger partial charge in [0.2, 0.25) is 0 Å². The molecule has 1 unspecified atom stereocenters. The number of rotatable bonds is 4. The first kappa shape index (κ1) is 22.5. The first-order valence-corrected chi connectivity index (χ1v) is 8.05. The largest absolute Gasteiger partial charge is 0.488 e. The second-order valence-corrected chi connectivity index (χ2v) is 6.81. The lowest BCUT2D eigenvalue weighted by atomic mass is 10.1. The molecular formula is C17H24ClF3N2O3. The third-order valence-electron chi connectivity index (χ3n) is 3.48. The zero-order chi connectivity index (χ0) is 18.7. The van der Waals surface area contributed by atoms with Gasteiger partial charge in [-0.15, -0.1) is 12.4 Å². The minimum Gasteiger partial charge on any atom is -0.488 e. The third-order valence-corrected chi connectivity index (χ3v) is 3.48. The summed E-state index contributed by atoms with van der Waals surface area (Å²) >= 11 is 0. The molecule has 1 aromatic carbocycles. The summed E-state index contributed by atoms with van der Waals surface area (Å²) in [6, 6.07) is 3.76. The summed E-state index contributed by atoms with van der Waals surface area (Å²) in [6.07, 6.45) is -5.23. The molecule has 1 atom stereocenters. The van der Waals surface area contributed by atoms with Crippen LogP contribution in [0.3, 0.4) is 0 Å². The summed E-state index contributed by atoms with van der Waals surface area (Å²) in [5, 5.41) is 5.50. The Bertz CT molecular complexity index is 612. The SMILES string of the molecule is CC(C)(C)Oc1ccc(CNC(=O)C2CNCCO2)c(C(F)(F)F)c1.Cl. The number of nitrogens with one attached hydrogen (secondary N) is 2. The lowest BCUT2D eigenvalue weighted by Gasteiger charge is -2.24. The van der Waals surface area contributed by atoms with Gasteiger partial charge in [0.15, 0.2) is 0 Å². The maximum atomic E-state index is 13.3. The van der Waals surface area contributed by atoms with Crippen LogP contribution in [0, 0.1) is 0 Å². The first-order chi connectivity index (χ1) is 11.6. The Balaban J connectivity index is 0.00000338. The highest BCUT2D eigenvalue weighted by atomic mass is 35.5. The van der Waals surface area contributed by atoms with Crippen molar-refractivity contribution in [3.8, 4) is 5.75 Å². The van der Waals surface area contributed by atoms with Crippen molar-refractivity contribution in [3.63, 3.8) is 0 Å². The van der Waals surface area contributed by atoms with Crippen molar-refractivity contribution in [3.05, 3.63) is 29.3 Å². The van der Waals surface area contributed by atoms with Gasteiger partial charge < -0.3 is 20.1 Å². The second kappa shape index (κ2) is 8.92. The highest BCUT2D eigenvalue weighted by Crippen LogP contribution is 2.35. The molecule has 2 rings (SSSR count). The lowest BCUT2D eigenvalue weighted by Crippen LogP contribution is -2.47. The summed E-state index contributed by atoms with van der Waals surface area (Å²) in [5.74, 6) is -0.301. The van der Waals surface area contributed by atoms with Crippen LogP contribution in [0.15, 0.2) is 18.2 Å². The molecule has 26 heavy (non-hydrogen) atoms. The average molecular weight is 397 g/mol. The smallest absolute Gasteiger partial charge is 0.416 e. The Kier molecular flexibility index (Phi) is 7.73. The lowest BCUT2D eigenvalue weighted by molar-refractivity contribution is -0.139. The second-order valence-electron chi connectivity index (χ2n) is 6.81.